The molecule has 0 aliphatic heterocycles. The maximum absolute atomic E-state index is 3.19. The van der Waals surface area contributed by atoms with E-state index in [0.29, 0.717) is 0 Å². The Labute approximate surface area is 81.7 Å². The highest BCUT2D eigenvalue weighted by molar-refractivity contribution is 7.99. The fourth-order valence-corrected chi connectivity index (χ4v) is 1.87. The lowest BCUT2D eigenvalue weighted by molar-refractivity contribution is 0.478. The minimum Gasteiger partial charge on any atom is -0.320 e. The van der Waals surface area contributed by atoms with Gasteiger partial charge < -0.3 is 5.32 Å². The van der Waals surface area contributed by atoms with E-state index in [1.54, 1.807) is 0 Å². The molecule has 1 atom stereocenters. The van der Waals surface area contributed by atoms with Crippen LogP contribution in [0.5, 0.6) is 0 Å². The SMILES string of the molecule is CCSCCCC(C)CCNC. The highest BCUT2D eigenvalue weighted by Crippen LogP contribution is 2.12. The number of rotatable bonds is 8. The van der Waals surface area contributed by atoms with Crippen LogP contribution in [0.4, 0.5) is 0 Å². The number of hydrogen-bond donors (Lipinski definition) is 1. The van der Waals surface area contributed by atoms with E-state index in [4.69, 9.17) is 0 Å². The normalized spacial score (nSPS) is 13.2. The molecule has 0 saturated heterocycles. The first-order valence-corrected chi connectivity index (χ1v) is 6.19. The van der Waals surface area contributed by atoms with Crippen molar-refractivity contribution < 1.29 is 0 Å². The third-order valence-electron chi connectivity index (χ3n) is 2.08. The van der Waals surface area contributed by atoms with Crippen molar-refractivity contribution >= 4 is 11.8 Å². The van der Waals surface area contributed by atoms with Crippen molar-refractivity contribution in [2.75, 3.05) is 25.1 Å². The molecule has 0 aliphatic rings. The molecule has 0 aromatic rings. The van der Waals surface area contributed by atoms with Crippen LogP contribution in [0.1, 0.15) is 33.1 Å². The Morgan fingerprint density at radius 3 is 2.67 bits per heavy atom. The molecule has 0 spiro atoms. The maximum Gasteiger partial charge on any atom is -0.00494 e. The second-order valence-corrected chi connectivity index (χ2v) is 4.73. The largest absolute Gasteiger partial charge is 0.320 e. The van der Waals surface area contributed by atoms with Gasteiger partial charge in [0.05, 0.1) is 0 Å². The fraction of sp³-hybridized carbons (Fsp3) is 1.00. The van der Waals surface area contributed by atoms with Gasteiger partial charge in [0.2, 0.25) is 0 Å². The first kappa shape index (κ1) is 12.3. The smallest absolute Gasteiger partial charge is 0.00494 e. The summed E-state index contributed by atoms with van der Waals surface area (Å²) in [4.78, 5) is 0. The molecule has 1 unspecified atom stereocenters. The van der Waals surface area contributed by atoms with Crippen LogP contribution >= 0.6 is 11.8 Å². The van der Waals surface area contributed by atoms with Gasteiger partial charge in [0.1, 0.15) is 0 Å². The molecule has 74 valence electrons. The van der Waals surface area contributed by atoms with E-state index in [1.165, 1.54) is 37.3 Å². The van der Waals surface area contributed by atoms with Gasteiger partial charge in [-0.15, -0.1) is 0 Å². The molecule has 1 nitrogen and oxygen atoms in total. The van der Waals surface area contributed by atoms with E-state index in [1.807, 2.05) is 7.05 Å². The van der Waals surface area contributed by atoms with Crippen molar-refractivity contribution in [2.45, 2.75) is 33.1 Å². The van der Waals surface area contributed by atoms with Crippen LogP contribution in [0, 0.1) is 5.92 Å². The Balaban J connectivity index is 3.02. The summed E-state index contributed by atoms with van der Waals surface area (Å²) in [6.45, 7) is 5.76. The van der Waals surface area contributed by atoms with E-state index in [2.05, 4.69) is 30.9 Å². The van der Waals surface area contributed by atoms with Gasteiger partial charge in [0.25, 0.3) is 0 Å². The van der Waals surface area contributed by atoms with E-state index < -0.39 is 0 Å². The summed E-state index contributed by atoms with van der Waals surface area (Å²) in [5.41, 5.74) is 0. The van der Waals surface area contributed by atoms with Crippen molar-refractivity contribution in [1.82, 2.24) is 5.32 Å². The third-order valence-corrected chi connectivity index (χ3v) is 3.06. The lowest BCUT2D eigenvalue weighted by atomic mass is 10.0. The summed E-state index contributed by atoms with van der Waals surface area (Å²) in [6.07, 6.45) is 4.12. The molecule has 0 aromatic heterocycles. The molecule has 1 N–H and O–H groups in total. The predicted octanol–water partition coefficient (Wildman–Crippen LogP) is 2.77. The van der Waals surface area contributed by atoms with Gasteiger partial charge in [-0.2, -0.15) is 11.8 Å². The minimum absolute atomic E-state index is 0.898. The molecule has 12 heavy (non-hydrogen) atoms. The van der Waals surface area contributed by atoms with Crippen molar-refractivity contribution in [3.8, 4) is 0 Å². The first-order chi connectivity index (χ1) is 5.81. The highest BCUT2D eigenvalue weighted by atomic mass is 32.2. The van der Waals surface area contributed by atoms with Crippen LogP contribution in [0.15, 0.2) is 0 Å². The maximum atomic E-state index is 3.19. The molecule has 0 aromatic carbocycles. The van der Waals surface area contributed by atoms with Crippen molar-refractivity contribution in [3.63, 3.8) is 0 Å². The minimum atomic E-state index is 0.898. The lowest BCUT2D eigenvalue weighted by Gasteiger charge is -2.09. The molecule has 0 amide bonds. The first-order valence-electron chi connectivity index (χ1n) is 5.03. The fourth-order valence-electron chi connectivity index (χ4n) is 1.21. The van der Waals surface area contributed by atoms with Crippen LogP contribution in [0.25, 0.3) is 0 Å². The second-order valence-electron chi connectivity index (χ2n) is 3.34. The molecular formula is C10H23NS. The lowest BCUT2D eigenvalue weighted by Crippen LogP contribution is -2.11. The second kappa shape index (κ2) is 9.40. The molecule has 0 rings (SSSR count). The van der Waals surface area contributed by atoms with Crippen molar-refractivity contribution in [2.24, 2.45) is 5.92 Å². The van der Waals surface area contributed by atoms with Crippen LogP contribution in [-0.2, 0) is 0 Å². The zero-order chi connectivity index (χ0) is 9.23. The zero-order valence-corrected chi connectivity index (χ0v) is 9.54. The molecule has 0 aliphatic carbocycles. The van der Waals surface area contributed by atoms with Gasteiger partial charge in [-0.1, -0.05) is 13.8 Å². The van der Waals surface area contributed by atoms with E-state index in [-0.39, 0.29) is 0 Å². The van der Waals surface area contributed by atoms with E-state index in [0.717, 1.165) is 5.92 Å². The van der Waals surface area contributed by atoms with Gasteiger partial charge in [-0.3, -0.25) is 0 Å². The Kier molecular flexibility index (Phi) is 9.64. The molecular weight excluding hydrogens is 166 g/mol. The third kappa shape index (κ3) is 8.41. The standard InChI is InChI=1S/C10H23NS/c1-4-12-9-5-6-10(2)7-8-11-3/h10-11H,4-9H2,1-3H3. The summed E-state index contributed by atoms with van der Waals surface area (Å²) < 4.78 is 0. The molecule has 0 bridgehead atoms. The Morgan fingerprint density at radius 2 is 2.08 bits per heavy atom. The van der Waals surface area contributed by atoms with Crippen LogP contribution in [0.2, 0.25) is 0 Å². The topological polar surface area (TPSA) is 12.0 Å². The van der Waals surface area contributed by atoms with Gasteiger partial charge in [-0.05, 0) is 50.3 Å². The van der Waals surface area contributed by atoms with Crippen LogP contribution in [0.3, 0.4) is 0 Å². The Bertz CT molecular complexity index is 85.9. The Morgan fingerprint density at radius 1 is 1.33 bits per heavy atom. The highest BCUT2D eigenvalue weighted by Gasteiger charge is 2.00. The van der Waals surface area contributed by atoms with Gasteiger partial charge >= 0.3 is 0 Å². The monoisotopic (exact) mass is 189 g/mol. The van der Waals surface area contributed by atoms with Crippen molar-refractivity contribution in [1.29, 1.82) is 0 Å². The summed E-state index contributed by atoms with van der Waals surface area (Å²) in [5.74, 6) is 3.51. The quantitative estimate of drug-likeness (QED) is 0.589. The number of thioether (sulfide) groups is 1. The van der Waals surface area contributed by atoms with E-state index in [9.17, 15) is 0 Å². The van der Waals surface area contributed by atoms with Crippen LogP contribution in [-0.4, -0.2) is 25.1 Å². The average molecular weight is 189 g/mol. The molecule has 0 radical (unpaired) electrons. The van der Waals surface area contributed by atoms with Gasteiger partial charge in [-0.25, -0.2) is 0 Å². The molecule has 0 fully saturated rings. The van der Waals surface area contributed by atoms with Gasteiger partial charge in [0.15, 0.2) is 0 Å². The number of nitrogens with one attached hydrogen (secondary N) is 1. The summed E-state index contributed by atoms with van der Waals surface area (Å²) in [7, 11) is 2.03. The summed E-state index contributed by atoms with van der Waals surface area (Å²) >= 11 is 2.06. The van der Waals surface area contributed by atoms with Crippen LogP contribution < -0.4 is 5.32 Å². The Hall–Kier alpha value is 0.310. The molecule has 0 heterocycles. The number of hydrogen-bond acceptors (Lipinski definition) is 2. The summed E-state index contributed by atoms with van der Waals surface area (Å²) in [6, 6.07) is 0. The molecule has 0 saturated carbocycles. The summed E-state index contributed by atoms with van der Waals surface area (Å²) in [5, 5.41) is 3.19. The predicted molar refractivity (Wildman–Crippen MR) is 59.9 cm³/mol. The van der Waals surface area contributed by atoms with E-state index >= 15 is 0 Å². The zero-order valence-electron chi connectivity index (χ0n) is 8.73. The average Bonchev–Trinajstić information content (AvgIpc) is 2.09. The van der Waals surface area contributed by atoms with Crippen molar-refractivity contribution in [3.05, 3.63) is 0 Å². The van der Waals surface area contributed by atoms with Gasteiger partial charge in [0, 0.05) is 0 Å². The molecule has 2 heteroatoms.